The Bertz CT molecular complexity index is 660. The molecule has 0 atom stereocenters. The van der Waals surface area contributed by atoms with Crippen molar-refractivity contribution in [3.63, 3.8) is 0 Å². The Morgan fingerprint density at radius 1 is 0.400 bits per heavy atom. The Labute approximate surface area is 218 Å². The molecule has 0 aromatic heterocycles. The molecule has 0 heterocycles. The highest BCUT2D eigenvalue weighted by molar-refractivity contribution is 5.58. The largest absolute Gasteiger partial charge is 0.870 e. The summed E-state index contributed by atoms with van der Waals surface area (Å²) in [4.78, 5) is 0. The molecule has 0 unspecified atom stereocenters. The first-order valence-electron chi connectivity index (χ1n) is 14.8. The molecular weight excluding hydrogens is 426 g/mol. The van der Waals surface area contributed by atoms with Gasteiger partial charge in [0, 0.05) is 0 Å². The zero-order valence-corrected chi connectivity index (χ0v) is 23.1. The summed E-state index contributed by atoms with van der Waals surface area (Å²) in [6.45, 7) is 7.01. The van der Waals surface area contributed by atoms with Gasteiger partial charge in [-0.2, -0.15) is 0 Å². The number of hydrogen-bond acceptors (Lipinski definition) is 1. The first-order valence-corrected chi connectivity index (χ1v) is 14.8. The highest BCUT2D eigenvalue weighted by atomic mass is 16.0. The first kappa shape index (κ1) is 31.4. The lowest BCUT2D eigenvalue weighted by atomic mass is 10.0. The highest BCUT2D eigenvalue weighted by Gasteiger charge is 2.31. The van der Waals surface area contributed by atoms with Crippen molar-refractivity contribution in [1.29, 1.82) is 0 Å². The van der Waals surface area contributed by atoms with E-state index in [0.717, 1.165) is 4.48 Å². The number of benzene rings is 2. The number of nitrogens with zero attached hydrogens (tertiary/aromatic N) is 1. The van der Waals surface area contributed by atoms with E-state index in [-0.39, 0.29) is 5.48 Å². The molecular formula is C33H55NO. The van der Waals surface area contributed by atoms with Gasteiger partial charge in [0.25, 0.3) is 0 Å². The standard InChI is InChI=1S/C33H54N.H2O/c1-3-5-6-7-8-9-10-11-12-13-14-15-16-17-18-25-31-34(30-4-2,32-26-21-19-22-27-32)33-28-23-20-24-29-33;/h19-24,26-29H,3-18,25,30-31H2,1-2H3;1H2/q+1;/p-1. The van der Waals surface area contributed by atoms with Crippen molar-refractivity contribution in [2.45, 2.75) is 123 Å². The Morgan fingerprint density at radius 2 is 0.743 bits per heavy atom. The van der Waals surface area contributed by atoms with Gasteiger partial charge in [-0.15, -0.1) is 0 Å². The van der Waals surface area contributed by atoms with Crippen molar-refractivity contribution in [2.75, 3.05) is 13.1 Å². The van der Waals surface area contributed by atoms with E-state index in [1.54, 1.807) is 0 Å². The highest BCUT2D eigenvalue weighted by Crippen LogP contribution is 2.35. The van der Waals surface area contributed by atoms with E-state index in [1.807, 2.05) is 0 Å². The number of unbranched alkanes of at least 4 members (excludes halogenated alkanes) is 15. The van der Waals surface area contributed by atoms with Crippen molar-refractivity contribution in [3.8, 4) is 0 Å². The minimum atomic E-state index is 0. The predicted octanol–water partition coefficient (Wildman–Crippen LogP) is 10.8. The van der Waals surface area contributed by atoms with E-state index in [0.29, 0.717) is 0 Å². The molecule has 2 aromatic rings. The molecule has 0 aliphatic carbocycles. The van der Waals surface area contributed by atoms with Crippen LogP contribution in [0.1, 0.15) is 123 Å². The van der Waals surface area contributed by atoms with Crippen molar-refractivity contribution in [1.82, 2.24) is 4.48 Å². The lowest BCUT2D eigenvalue weighted by Crippen LogP contribution is -2.45. The van der Waals surface area contributed by atoms with Crippen LogP contribution in [0.15, 0.2) is 60.7 Å². The average Bonchev–Trinajstić information content (AvgIpc) is 2.89. The maximum Gasteiger partial charge on any atom is 0.137 e. The second kappa shape index (κ2) is 20.5. The van der Waals surface area contributed by atoms with E-state index in [1.165, 1.54) is 134 Å². The zero-order chi connectivity index (χ0) is 24.2. The van der Waals surface area contributed by atoms with Crippen LogP contribution in [0.4, 0.5) is 11.4 Å². The van der Waals surface area contributed by atoms with Crippen LogP contribution in [0.3, 0.4) is 0 Å². The Morgan fingerprint density at radius 3 is 1.09 bits per heavy atom. The molecule has 0 fully saturated rings. The topological polar surface area (TPSA) is 30.0 Å². The van der Waals surface area contributed by atoms with E-state index in [2.05, 4.69) is 74.5 Å². The second-order valence-corrected chi connectivity index (χ2v) is 10.4. The summed E-state index contributed by atoms with van der Waals surface area (Å²) in [7, 11) is 0. The fraction of sp³-hybridized carbons (Fsp3) is 0.636. The fourth-order valence-corrected chi connectivity index (χ4v) is 5.52. The summed E-state index contributed by atoms with van der Waals surface area (Å²) in [5, 5.41) is 0. The van der Waals surface area contributed by atoms with Gasteiger partial charge in [-0.1, -0.05) is 140 Å². The van der Waals surface area contributed by atoms with Crippen molar-refractivity contribution >= 4 is 11.4 Å². The molecule has 35 heavy (non-hydrogen) atoms. The fourth-order valence-electron chi connectivity index (χ4n) is 5.52. The van der Waals surface area contributed by atoms with Crippen molar-refractivity contribution < 1.29 is 5.48 Å². The lowest BCUT2D eigenvalue weighted by molar-refractivity contribution is 0.365. The molecule has 0 saturated carbocycles. The summed E-state index contributed by atoms with van der Waals surface area (Å²) in [6, 6.07) is 22.4. The van der Waals surface area contributed by atoms with Crippen molar-refractivity contribution in [3.05, 3.63) is 60.7 Å². The summed E-state index contributed by atoms with van der Waals surface area (Å²) in [6.07, 6.45) is 24.0. The average molecular weight is 482 g/mol. The normalized spacial score (nSPS) is 11.4. The van der Waals surface area contributed by atoms with Gasteiger partial charge in [-0.25, -0.2) is 0 Å². The maximum absolute atomic E-state index is 2.33. The van der Waals surface area contributed by atoms with Gasteiger partial charge in [-0.05, 0) is 43.5 Å². The second-order valence-electron chi connectivity index (χ2n) is 10.4. The molecule has 0 radical (unpaired) electrons. The predicted molar refractivity (Wildman–Crippen MR) is 156 cm³/mol. The number of hydrogen-bond donors (Lipinski definition) is 0. The third-order valence-electron chi connectivity index (χ3n) is 7.50. The SMILES string of the molecule is CCCCCCCCCCCCCCCCCC[N+](CCC)(c1ccccc1)c1ccccc1.[OH-]. The van der Waals surface area contributed by atoms with E-state index >= 15 is 0 Å². The van der Waals surface area contributed by atoms with Gasteiger partial charge >= 0.3 is 0 Å². The monoisotopic (exact) mass is 481 g/mol. The molecule has 0 bridgehead atoms. The van der Waals surface area contributed by atoms with Crippen LogP contribution in [0.2, 0.25) is 0 Å². The molecule has 1 N–H and O–H groups in total. The molecule has 2 aromatic carbocycles. The van der Waals surface area contributed by atoms with Gasteiger partial charge in [0.2, 0.25) is 0 Å². The summed E-state index contributed by atoms with van der Waals surface area (Å²) in [5.41, 5.74) is 2.88. The summed E-state index contributed by atoms with van der Waals surface area (Å²) in [5.74, 6) is 0. The third kappa shape index (κ3) is 12.2. The number of rotatable bonds is 21. The van der Waals surface area contributed by atoms with Crippen molar-refractivity contribution in [2.24, 2.45) is 0 Å². The van der Waals surface area contributed by atoms with Crippen LogP contribution >= 0.6 is 0 Å². The minimum absolute atomic E-state index is 0. The number of quaternary nitrogens is 1. The van der Waals surface area contributed by atoms with Crippen LogP contribution in [0, 0.1) is 0 Å². The summed E-state index contributed by atoms with van der Waals surface area (Å²) < 4.78 is 0.997. The third-order valence-corrected chi connectivity index (χ3v) is 7.50. The van der Waals surface area contributed by atoms with E-state index in [4.69, 9.17) is 0 Å². The van der Waals surface area contributed by atoms with Gasteiger partial charge in [-0.3, -0.25) is 4.48 Å². The van der Waals surface area contributed by atoms with E-state index in [9.17, 15) is 0 Å². The Kier molecular flexibility index (Phi) is 18.4. The van der Waals surface area contributed by atoms with Gasteiger partial charge in [0.1, 0.15) is 11.4 Å². The minimum Gasteiger partial charge on any atom is -0.870 e. The van der Waals surface area contributed by atoms with Crippen LogP contribution in [-0.4, -0.2) is 18.6 Å². The van der Waals surface area contributed by atoms with Gasteiger partial charge in [0.05, 0.1) is 13.1 Å². The molecule has 0 aliphatic rings. The Balaban J connectivity index is 0.00000612. The summed E-state index contributed by atoms with van der Waals surface area (Å²) >= 11 is 0. The molecule has 198 valence electrons. The van der Waals surface area contributed by atoms with Crippen LogP contribution in [0.5, 0.6) is 0 Å². The van der Waals surface area contributed by atoms with Gasteiger partial charge in [0.15, 0.2) is 0 Å². The van der Waals surface area contributed by atoms with Gasteiger partial charge < -0.3 is 5.48 Å². The molecule has 2 rings (SSSR count). The zero-order valence-electron chi connectivity index (χ0n) is 23.1. The lowest BCUT2D eigenvalue weighted by Gasteiger charge is -2.38. The quantitative estimate of drug-likeness (QED) is 0.129. The van der Waals surface area contributed by atoms with Crippen LogP contribution in [-0.2, 0) is 0 Å². The molecule has 0 saturated heterocycles. The van der Waals surface area contributed by atoms with E-state index < -0.39 is 0 Å². The first-order chi connectivity index (χ1) is 16.8. The molecule has 2 heteroatoms. The van der Waals surface area contributed by atoms with Crippen LogP contribution in [0.25, 0.3) is 0 Å². The molecule has 0 amide bonds. The Hall–Kier alpha value is -1.64. The molecule has 0 spiro atoms. The molecule has 0 aliphatic heterocycles. The maximum atomic E-state index is 2.33. The number of para-hydroxylation sites is 2. The smallest absolute Gasteiger partial charge is 0.137 e. The molecule has 2 nitrogen and oxygen atoms in total. The van der Waals surface area contributed by atoms with Crippen LogP contribution < -0.4 is 4.48 Å².